The van der Waals surface area contributed by atoms with Gasteiger partial charge in [0.05, 0.1) is 0 Å². The minimum absolute atomic E-state index is 0.497. The Morgan fingerprint density at radius 2 is 1.88 bits per heavy atom. The van der Waals surface area contributed by atoms with Crippen molar-refractivity contribution in [1.29, 1.82) is 0 Å². The first-order chi connectivity index (χ1) is 11.5. The van der Waals surface area contributed by atoms with Gasteiger partial charge in [-0.15, -0.1) is 0 Å². The molecule has 3 saturated carbocycles. The Kier molecular flexibility index (Phi) is 4.09. The standard InChI is InChI=1S/C24H36/c1-5-8-17(2)20-12-13-21-19-11-10-18-9-6-7-15-23(18,3)22(19)14-16-24(20,21)4/h5,8,10-11,17,20-22H,6-7,9,12-16H2,1-4H3/t17-,20-,21+,22+,23+,24-/m1/s1. The van der Waals surface area contributed by atoms with Crippen molar-refractivity contribution in [3.63, 3.8) is 0 Å². The molecule has 6 atom stereocenters. The lowest BCUT2D eigenvalue weighted by Gasteiger charge is -2.54. The van der Waals surface area contributed by atoms with Crippen LogP contribution in [0.15, 0.2) is 35.5 Å². The third-order valence-corrected chi connectivity index (χ3v) is 8.69. The van der Waals surface area contributed by atoms with Gasteiger partial charge in [-0.2, -0.15) is 0 Å². The Morgan fingerprint density at radius 3 is 2.67 bits per heavy atom. The van der Waals surface area contributed by atoms with Gasteiger partial charge in [0.1, 0.15) is 0 Å². The predicted octanol–water partition coefficient (Wildman–Crippen LogP) is 7.09. The number of hydrogen-bond donors (Lipinski definition) is 0. The van der Waals surface area contributed by atoms with Crippen molar-refractivity contribution in [3.05, 3.63) is 35.5 Å². The lowest BCUT2D eigenvalue weighted by Crippen LogP contribution is -2.45. The van der Waals surface area contributed by atoms with Crippen LogP contribution in [0.25, 0.3) is 0 Å². The Labute approximate surface area is 149 Å². The molecule has 0 heterocycles. The molecule has 0 nitrogen and oxygen atoms in total. The van der Waals surface area contributed by atoms with E-state index in [9.17, 15) is 0 Å². The lowest BCUT2D eigenvalue weighted by molar-refractivity contribution is 0.0576. The summed E-state index contributed by atoms with van der Waals surface area (Å²) in [5, 5.41) is 0. The summed E-state index contributed by atoms with van der Waals surface area (Å²) in [5.41, 5.74) is 4.67. The first kappa shape index (κ1) is 16.7. The number of fused-ring (bicyclic) bond motifs is 5. The van der Waals surface area contributed by atoms with E-state index in [2.05, 4.69) is 52.0 Å². The summed E-state index contributed by atoms with van der Waals surface area (Å²) in [5.74, 6) is 3.32. The van der Waals surface area contributed by atoms with Gasteiger partial charge in [0.2, 0.25) is 0 Å². The molecule has 3 fully saturated rings. The van der Waals surface area contributed by atoms with Gasteiger partial charge in [-0.1, -0.05) is 62.6 Å². The van der Waals surface area contributed by atoms with E-state index in [0.29, 0.717) is 10.8 Å². The van der Waals surface area contributed by atoms with Gasteiger partial charge in [-0.05, 0) is 86.4 Å². The highest BCUT2D eigenvalue weighted by molar-refractivity contribution is 5.38. The highest BCUT2D eigenvalue weighted by atomic mass is 14.6. The van der Waals surface area contributed by atoms with Crippen molar-refractivity contribution < 1.29 is 0 Å². The average molecular weight is 325 g/mol. The minimum atomic E-state index is 0.497. The average Bonchev–Trinajstić information content (AvgIpc) is 2.92. The number of allylic oxidation sites excluding steroid dienone is 6. The molecule has 0 aromatic heterocycles. The van der Waals surface area contributed by atoms with E-state index >= 15 is 0 Å². The Balaban J connectivity index is 1.68. The van der Waals surface area contributed by atoms with E-state index < -0.39 is 0 Å². The first-order valence-corrected chi connectivity index (χ1v) is 10.5. The minimum Gasteiger partial charge on any atom is -0.0914 e. The Morgan fingerprint density at radius 1 is 1.04 bits per heavy atom. The molecular weight excluding hydrogens is 288 g/mol. The molecule has 0 radical (unpaired) electrons. The van der Waals surface area contributed by atoms with Gasteiger partial charge in [0.15, 0.2) is 0 Å². The molecule has 0 saturated heterocycles. The van der Waals surface area contributed by atoms with Gasteiger partial charge < -0.3 is 0 Å². The Bertz CT molecular complexity index is 591. The molecule has 4 aliphatic carbocycles. The van der Waals surface area contributed by atoms with Crippen LogP contribution in [0.2, 0.25) is 0 Å². The molecule has 132 valence electrons. The zero-order valence-electron chi connectivity index (χ0n) is 16.3. The van der Waals surface area contributed by atoms with E-state index in [1.807, 2.05) is 5.57 Å². The van der Waals surface area contributed by atoms with Crippen LogP contribution in [0.1, 0.15) is 79.1 Å². The van der Waals surface area contributed by atoms with Crippen LogP contribution >= 0.6 is 0 Å². The largest absolute Gasteiger partial charge is 0.0914 e. The predicted molar refractivity (Wildman–Crippen MR) is 104 cm³/mol. The third-order valence-electron chi connectivity index (χ3n) is 8.69. The van der Waals surface area contributed by atoms with Crippen molar-refractivity contribution in [3.8, 4) is 0 Å². The van der Waals surface area contributed by atoms with Crippen molar-refractivity contribution >= 4 is 0 Å². The molecule has 0 bridgehead atoms. The second kappa shape index (κ2) is 5.89. The van der Waals surface area contributed by atoms with Crippen LogP contribution in [-0.2, 0) is 0 Å². The van der Waals surface area contributed by atoms with Crippen LogP contribution in [0.4, 0.5) is 0 Å². The molecule has 0 heteroatoms. The quantitative estimate of drug-likeness (QED) is 0.476. The van der Waals surface area contributed by atoms with Gasteiger partial charge in [-0.3, -0.25) is 0 Å². The van der Waals surface area contributed by atoms with Gasteiger partial charge >= 0.3 is 0 Å². The van der Waals surface area contributed by atoms with Crippen molar-refractivity contribution in [1.82, 2.24) is 0 Å². The monoisotopic (exact) mass is 324 g/mol. The van der Waals surface area contributed by atoms with Gasteiger partial charge in [-0.25, -0.2) is 0 Å². The maximum Gasteiger partial charge on any atom is -0.00476 e. The van der Waals surface area contributed by atoms with Crippen LogP contribution < -0.4 is 0 Å². The van der Waals surface area contributed by atoms with E-state index in [1.165, 1.54) is 51.4 Å². The zero-order chi connectivity index (χ0) is 16.9. The Hall–Kier alpha value is -0.780. The van der Waals surface area contributed by atoms with Crippen molar-refractivity contribution in [2.24, 2.45) is 34.5 Å². The fraction of sp³-hybridized carbons (Fsp3) is 0.750. The maximum absolute atomic E-state index is 2.63. The maximum atomic E-state index is 2.63. The van der Waals surface area contributed by atoms with Crippen molar-refractivity contribution in [2.45, 2.75) is 79.1 Å². The molecule has 0 spiro atoms. The van der Waals surface area contributed by atoms with Crippen LogP contribution in [0, 0.1) is 34.5 Å². The summed E-state index contributed by atoms with van der Waals surface area (Å²) in [7, 11) is 0. The molecule has 0 amide bonds. The smallest absolute Gasteiger partial charge is 0.00476 e. The second-order valence-corrected chi connectivity index (χ2v) is 9.70. The normalized spacial score (nSPS) is 45.9. The van der Waals surface area contributed by atoms with Crippen LogP contribution in [0.5, 0.6) is 0 Å². The summed E-state index contributed by atoms with van der Waals surface area (Å²) in [4.78, 5) is 0. The summed E-state index contributed by atoms with van der Waals surface area (Å²) in [6.07, 6.45) is 21.3. The summed E-state index contributed by atoms with van der Waals surface area (Å²) in [6.45, 7) is 9.88. The van der Waals surface area contributed by atoms with E-state index in [1.54, 1.807) is 5.57 Å². The number of rotatable bonds is 2. The summed E-state index contributed by atoms with van der Waals surface area (Å²) < 4.78 is 0. The lowest BCUT2D eigenvalue weighted by atomic mass is 9.50. The molecular formula is C24H36. The molecule has 4 aliphatic rings. The van der Waals surface area contributed by atoms with E-state index in [0.717, 1.165) is 23.7 Å². The van der Waals surface area contributed by atoms with Crippen LogP contribution in [0.3, 0.4) is 0 Å². The summed E-state index contributed by atoms with van der Waals surface area (Å²) >= 11 is 0. The topological polar surface area (TPSA) is 0 Å². The van der Waals surface area contributed by atoms with E-state index in [-0.39, 0.29) is 0 Å². The second-order valence-electron chi connectivity index (χ2n) is 9.70. The first-order valence-electron chi connectivity index (χ1n) is 10.5. The third kappa shape index (κ3) is 2.24. The molecule has 0 aromatic carbocycles. The molecule has 24 heavy (non-hydrogen) atoms. The fourth-order valence-corrected chi connectivity index (χ4v) is 7.38. The molecule has 0 N–H and O–H groups in total. The van der Waals surface area contributed by atoms with E-state index in [4.69, 9.17) is 0 Å². The van der Waals surface area contributed by atoms with Crippen molar-refractivity contribution in [2.75, 3.05) is 0 Å². The molecule has 4 rings (SSSR count). The molecule has 0 aromatic rings. The van der Waals surface area contributed by atoms with Gasteiger partial charge in [0.25, 0.3) is 0 Å². The molecule has 0 aliphatic heterocycles. The number of hydrogen-bond acceptors (Lipinski definition) is 0. The highest BCUT2D eigenvalue weighted by Gasteiger charge is 2.56. The summed E-state index contributed by atoms with van der Waals surface area (Å²) in [6, 6.07) is 0. The zero-order valence-corrected chi connectivity index (χ0v) is 16.3. The van der Waals surface area contributed by atoms with Crippen LogP contribution in [-0.4, -0.2) is 0 Å². The molecule has 0 unspecified atom stereocenters. The highest BCUT2D eigenvalue weighted by Crippen LogP contribution is 2.65. The van der Waals surface area contributed by atoms with Gasteiger partial charge in [0, 0.05) is 0 Å². The SMILES string of the molecule is CC=C[C@@H](C)[C@H]1CC[C@H]2C3=CC=C4CCCC[C@]4(C)[C@H]3CC[C@]12C. The fourth-order valence-electron chi connectivity index (χ4n) is 7.38.